The third-order valence-electron chi connectivity index (χ3n) is 3.61. The summed E-state index contributed by atoms with van der Waals surface area (Å²) in [5.41, 5.74) is 0.374. The Morgan fingerprint density at radius 1 is 1.22 bits per heavy atom. The van der Waals surface area contributed by atoms with E-state index in [1.807, 2.05) is 0 Å². The molecule has 0 saturated heterocycles. The molecule has 1 atom stereocenters. The highest BCUT2D eigenvalue weighted by Crippen LogP contribution is 2.36. The van der Waals surface area contributed by atoms with E-state index < -0.39 is 11.7 Å². The summed E-state index contributed by atoms with van der Waals surface area (Å²) in [5, 5.41) is 2.90. The molecule has 1 unspecified atom stereocenters. The smallest absolute Gasteiger partial charge is 0.310 e. The van der Waals surface area contributed by atoms with Gasteiger partial charge in [0.2, 0.25) is 0 Å². The molecule has 122 valence electrons. The van der Waals surface area contributed by atoms with Crippen LogP contribution < -0.4 is 5.32 Å². The number of carbonyl (C=O) groups excluding carboxylic acids is 1. The number of hydrogen-bond acceptors (Lipinski definition) is 3. The van der Waals surface area contributed by atoms with Crippen LogP contribution in [0.5, 0.6) is 0 Å². The normalized spacial score (nSPS) is 12.9. The standard InChI is InChI=1S/C17H17F3N2O/c1-11(23)16(21-2)9-12-7-8-15(22-10-12)13-5-3-4-6-14(13)17(18,19)20/h3-8,10,16,21H,9H2,1-2H3. The lowest BCUT2D eigenvalue weighted by atomic mass is 10.0. The van der Waals surface area contributed by atoms with Gasteiger partial charge in [-0.3, -0.25) is 9.78 Å². The Hall–Kier alpha value is -2.21. The number of ketones is 1. The molecule has 1 N–H and O–H groups in total. The van der Waals surface area contributed by atoms with Gasteiger partial charge in [0.1, 0.15) is 5.78 Å². The monoisotopic (exact) mass is 322 g/mol. The fourth-order valence-electron chi connectivity index (χ4n) is 2.34. The van der Waals surface area contributed by atoms with Crippen LogP contribution in [0.3, 0.4) is 0 Å². The molecule has 0 bridgehead atoms. The Morgan fingerprint density at radius 3 is 2.43 bits per heavy atom. The number of alkyl halides is 3. The third kappa shape index (κ3) is 4.16. The molecule has 2 rings (SSSR count). The zero-order valence-corrected chi connectivity index (χ0v) is 12.8. The molecule has 0 amide bonds. The molecule has 0 fully saturated rings. The number of aromatic nitrogens is 1. The maximum atomic E-state index is 13.0. The number of carbonyl (C=O) groups is 1. The summed E-state index contributed by atoms with van der Waals surface area (Å²) in [6, 6.07) is 8.26. The van der Waals surface area contributed by atoms with E-state index in [1.54, 1.807) is 25.2 Å². The molecule has 6 heteroatoms. The van der Waals surface area contributed by atoms with Gasteiger partial charge in [-0.15, -0.1) is 0 Å². The summed E-state index contributed by atoms with van der Waals surface area (Å²) in [4.78, 5) is 15.5. The van der Waals surface area contributed by atoms with Crippen LogP contribution >= 0.6 is 0 Å². The van der Waals surface area contributed by atoms with Gasteiger partial charge in [-0.1, -0.05) is 24.3 Å². The first-order valence-electron chi connectivity index (χ1n) is 7.12. The number of hydrogen-bond donors (Lipinski definition) is 1. The summed E-state index contributed by atoms with van der Waals surface area (Å²) in [6.07, 6.45) is -2.47. The zero-order valence-electron chi connectivity index (χ0n) is 12.8. The van der Waals surface area contributed by atoms with Gasteiger partial charge in [-0.2, -0.15) is 13.2 Å². The van der Waals surface area contributed by atoms with E-state index in [1.165, 1.54) is 25.3 Å². The lowest BCUT2D eigenvalue weighted by Crippen LogP contribution is -2.34. The van der Waals surface area contributed by atoms with Crippen LogP contribution in [0.4, 0.5) is 13.2 Å². The number of halogens is 3. The minimum Gasteiger partial charge on any atom is -0.310 e. The molecule has 1 heterocycles. The molecule has 0 spiro atoms. The Balaban J connectivity index is 2.29. The molecule has 0 saturated carbocycles. The molecule has 1 aromatic carbocycles. The van der Waals surface area contributed by atoms with Gasteiger partial charge in [0.05, 0.1) is 17.3 Å². The van der Waals surface area contributed by atoms with Crippen LogP contribution in [0.2, 0.25) is 0 Å². The van der Waals surface area contributed by atoms with Crippen LogP contribution in [0, 0.1) is 0 Å². The van der Waals surface area contributed by atoms with E-state index in [0.29, 0.717) is 6.42 Å². The first-order valence-corrected chi connectivity index (χ1v) is 7.12. The second-order valence-corrected chi connectivity index (χ2v) is 5.25. The molecule has 2 aromatic rings. The predicted octanol–water partition coefficient (Wildman–Crippen LogP) is 3.49. The molecule has 23 heavy (non-hydrogen) atoms. The van der Waals surface area contributed by atoms with E-state index in [2.05, 4.69) is 10.3 Å². The van der Waals surface area contributed by atoms with Crippen LogP contribution in [-0.2, 0) is 17.4 Å². The quantitative estimate of drug-likeness (QED) is 0.916. The predicted molar refractivity (Wildman–Crippen MR) is 81.9 cm³/mol. The summed E-state index contributed by atoms with van der Waals surface area (Å²) >= 11 is 0. The van der Waals surface area contributed by atoms with Crippen molar-refractivity contribution in [3.05, 3.63) is 53.7 Å². The Kier molecular flexibility index (Phi) is 5.15. The first-order chi connectivity index (χ1) is 10.8. The number of benzene rings is 1. The highest BCUT2D eigenvalue weighted by atomic mass is 19.4. The number of pyridine rings is 1. The van der Waals surface area contributed by atoms with Gasteiger partial charge in [-0.25, -0.2) is 0 Å². The van der Waals surface area contributed by atoms with E-state index in [9.17, 15) is 18.0 Å². The van der Waals surface area contributed by atoms with Crippen molar-refractivity contribution in [3.63, 3.8) is 0 Å². The van der Waals surface area contributed by atoms with Gasteiger partial charge in [0.15, 0.2) is 0 Å². The van der Waals surface area contributed by atoms with E-state index >= 15 is 0 Å². The van der Waals surface area contributed by atoms with Crippen LogP contribution in [0.1, 0.15) is 18.1 Å². The van der Waals surface area contributed by atoms with Crippen molar-refractivity contribution in [2.75, 3.05) is 7.05 Å². The molecule has 1 aromatic heterocycles. The van der Waals surface area contributed by atoms with Gasteiger partial charge in [0, 0.05) is 11.8 Å². The van der Waals surface area contributed by atoms with E-state index in [-0.39, 0.29) is 23.1 Å². The molecular formula is C17H17F3N2O. The fraction of sp³-hybridized carbons (Fsp3) is 0.294. The van der Waals surface area contributed by atoms with Crippen molar-refractivity contribution in [2.45, 2.75) is 25.6 Å². The highest BCUT2D eigenvalue weighted by Gasteiger charge is 2.33. The number of likely N-dealkylation sites (N-methyl/N-ethyl adjacent to an activating group) is 1. The molecule has 0 aliphatic rings. The maximum Gasteiger partial charge on any atom is 0.417 e. The first kappa shape index (κ1) is 17.1. The number of rotatable bonds is 5. The Labute approximate surface area is 132 Å². The van der Waals surface area contributed by atoms with Crippen molar-refractivity contribution in [1.82, 2.24) is 10.3 Å². The topological polar surface area (TPSA) is 42.0 Å². The van der Waals surface area contributed by atoms with Crippen molar-refractivity contribution in [3.8, 4) is 11.3 Å². The summed E-state index contributed by atoms with van der Waals surface area (Å²) < 4.78 is 39.1. The van der Waals surface area contributed by atoms with Gasteiger partial charge in [-0.05, 0) is 38.1 Å². The summed E-state index contributed by atoms with van der Waals surface area (Å²) in [7, 11) is 1.69. The summed E-state index contributed by atoms with van der Waals surface area (Å²) in [5.74, 6) is -0.000932. The molecule has 0 radical (unpaired) electrons. The van der Waals surface area contributed by atoms with E-state index in [0.717, 1.165) is 11.6 Å². The van der Waals surface area contributed by atoms with Crippen molar-refractivity contribution in [2.24, 2.45) is 0 Å². The van der Waals surface area contributed by atoms with Crippen LogP contribution in [-0.4, -0.2) is 23.9 Å². The third-order valence-corrected chi connectivity index (χ3v) is 3.61. The fourth-order valence-corrected chi connectivity index (χ4v) is 2.34. The molecule has 0 aliphatic carbocycles. The lowest BCUT2D eigenvalue weighted by Gasteiger charge is -2.14. The van der Waals surface area contributed by atoms with Crippen molar-refractivity contribution >= 4 is 5.78 Å². The summed E-state index contributed by atoms with van der Waals surface area (Å²) in [6.45, 7) is 1.49. The largest absolute Gasteiger partial charge is 0.417 e. The molecule has 3 nitrogen and oxygen atoms in total. The highest BCUT2D eigenvalue weighted by molar-refractivity contribution is 5.81. The molecular weight excluding hydrogens is 305 g/mol. The lowest BCUT2D eigenvalue weighted by molar-refractivity contribution is -0.137. The van der Waals surface area contributed by atoms with E-state index in [4.69, 9.17) is 0 Å². The van der Waals surface area contributed by atoms with Crippen molar-refractivity contribution < 1.29 is 18.0 Å². The maximum absolute atomic E-state index is 13.0. The van der Waals surface area contributed by atoms with Crippen LogP contribution in [0.25, 0.3) is 11.3 Å². The second kappa shape index (κ2) is 6.91. The van der Waals surface area contributed by atoms with Crippen molar-refractivity contribution in [1.29, 1.82) is 0 Å². The van der Waals surface area contributed by atoms with Gasteiger partial charge >= 0.3 is 6.18 Å². The SMILES string of the molecule is CNC(Cc1ccc(-c2ccccc2C(F)(F)F)nc1)C(C)=O. The zero-order chi connectivity index (χ0) is 17.0. The van der Waals surface area contributed by atoms with Gasteiger partial charge in [0.25, 0.3) is 0 Å². The average molecular weight is 322 g/mol. The Bertz CT molecular complexity index is 681. The molecule has 0 aliphatic heterocycles. The minimum atomic E-state index is -4.43. The number of nitrogens with one attached hydrogen (secondary N) is 1. The average Bonchev–Trinajstić information content (AvgIpc) is 2.52. The minimum absolute atomic E-state index is 0.000932. The van der Waals surface area contributed by atoms with Crippen LogP contribution in [0.15, 0.2) is 42.6 Å². The Morgan fingerprint density at radius 2 is 1.91 bits per heavy atom. The van der Waals surface area contributed by atoms with Gasteiger partial charge < -0.3 is 5.32 Å². The number of nitrogens with zero attached hydrogens (tertiary/aromatic N) is 1. The number of Topliss-reactive ketones (excluding diaryl/α,β-unsaturated/α-hetero) is 1. The second-order valence-electron chi connectivity index (χ2n) is 5.25.